The predicted octanol–water partition coefficient (Wildman–Crippen LogP) is 2.63. The lowest BCUT2D eigenvalue weighted by molar-refractivity contribution is 0.623. The van der Waals surface area contributed by atoms with Gasteiger partial charge in [0.2, 0.25) is 0 Å². The third-order valence-corrected chi connectivity index (χ3v) is 1.88. The molecule has 0 fully saturated rings. The first-order valence-corrected chi connectivity index (χ1v) is 3.59. The fraction of sp³-hybridized carbons (Fsp3) is 0.200. The summed E-state index contributed by atoms with van der Waals surface area (Å²) in [6.45, 7) is 0. The van der Waals surface area contributed by atoms with Crippen LogP contribution >= 0.6 is 22.9 Å². The van der Waals surface area contributed by atoms with E-state index in [0.29, 0.717) is 5.56 Å². The minimum absolute atomic E-state index is 0.190. The van der Waals surface area contributed by atoms with E-state index in [9.17, 15) is 4.39 Å². The number of rotatable bonds is 1. The molecule has 0 atom stereocenters. The van der Waals surface area contributed by atoms with Gasteiger partial charge >= 0.3 is 0 Å². The number of hydrogen-bond acceptors (Lipinski definition) is 1. The van der Waals surface area contributed by atoms with Gasteiger partial charge in [-0.1, -0.05) is 0 Å². The molecule has 3 heteroatoms. The van der Waals surface area contributed by atoms with Crippen molar-refractivity contribution in [2.45, 2.75) is 5.88 Å². The van der Waals surface area contributed by atoms with Crippen LogP contribution in [0.4, 0.5) is 4.39 Å². The Kier molecular flexibility index (Phi) is 1.86. The van der Waals surface area contributed by atoms with Crippen molar-refractivity contribution in [2.75, 3.05) is 0 Å². The summed E-state index contributed by atoms with van der Waals surface area (Å²) in [5.41, 5.74) is 0.594. The zero-order valence-electron chi connectivity index (χ0n) is 4.03. The van der Waals surface area contributed by atoms with Crippen LogP contribution in [0.3, 0.4) is 0 Å². The molecule has 0 amide bonds. The van der Waals surface area contributed by atoms with Gasteiger partial charge in [0.15, 0.2) is 0 Å². The molecule has 0 N–H and O–H groups in total. The summed E-state index contributed by atoms with van der Waals surface area (Å²) in [5.74, 6) is 0.0833. The van der Waals surface area contributed by atoms with Crippen molar-refractivity contribution in [2.24, 2.45) is 0 Å². The summed E-state index contributed by atoms with van der Waals surface area (Å²) in [7, 11) is 0. The molecule has 1 rings (SSSR count). The number of halogens is 2. The van der Waals surface area contributed by atoms with Crippen molar-refractivity contribution in [1.82, 2.24) is 0 Å². The van der Waals surface area contributed by atoms with Crippen LogP contribution in [0, 0.1) is 5.82 Å². The van der Waals surface area contributed by atoms with Gasteiger partial charge in [-0.05, 0) is 5.38 Å². The molecule has 0 bridgehead atoms. The smallest absolute Gasteiger partial charge is 0.138 e. The maximum absolute atomic E-state index is 12.3. The van der Waals surface area contributed by atoms with Gasteiger partial charge in [-0.15, -0.1) is 22.9 Å². The highest BCUT2D eigenvalue weighted by Gasteiger charge is 1.98. The van der Waals surface area contributed by atoms with Crippen molar-refractivity contribution in [3.05, 3.63) is 22.1 Å². The molecule has 0 radical (unpaired) electrons. The highest BCUT2D eigenvalue weighted by Crippen LogP contribution is 2.14. The molecule has 0 aromatic carbocycles. The Hall–Kier alpha value is -0.0800. The Bertz CT molecular complexity index is 173. The maximum Gasteiger partial charge on any atom is 0.138 e. The molecule has 0 aliphatic rings. The molecule has 1 aromatic rings. The van der Waals surface area contributed by atoms with E-state index in [4.69, 9.17) is 11.6 Å². The summed E-state index contributed by atoms with van der Waals surface area (Å²) in [5, 5.41) is 3.15. The molecular formula is C5H4ClFS. The number of hydrogen-bond donors (Lipinski definition) is 0. The second kappa shape index (κ2) is 2.46. The summed E-state index contributed by atoms with van der Waals surface area (Å²) in [6.07, 6.45) is 0. The number of thiophene rings is 1. The second-order valence-corrected chi connectivity index (χ2v) is 2.39. The molecule has 0 nitrogen and oxygen atoms in total. The second-order valence-electron chi connectivity index (χ2n) is 1.38. The minimum Gasteiger partial charge on any atom is -0.206 e. The lowest BCUT2D eigenvalue weighted by atomic mass is 10.4. The van der Waals surface area contributed by atoms with E-state index >= 15 is 0 Å². The fourth-order valence-electron chi connectivity index (χ4n) is 0.403. The monoisotopic (exact) mass is 150 g/mol. The Morgan fingerprint density at radius 2 is 2.38 bits per heavy atom. The van der Waals surface area contributed by atoms with E-state index in [1.165, 1.54) is 16.7 Å². The van der Waals surface area contributed by atoms with Crippen LogP contribution in [-0.2, 0) is 5.88 Å². The van der Waals surface area contributed by atoms with Crippen LogP contribution < -0.4 is 0 Å². The van der Waals surface area contributed by atoms with E-state index in [0.717, 1.165) is 0 Å². The van der Waals surface area contributed by atoms with Crippen LogP contribution in [0.2, 0.25) is 0 Å². The highest BCUT2D eigenvalue weighted by molar-refractivity contribution is 7.08. The van der Waals surface area contributed by atoms with E-state index in [1.807, 2.05) is 0 Å². The van der Waals surface area contributed by atoms with Crippen LogP contribution in [0.15, 0.2) is 10.8 Å². The predicted molar refractivity (Wildman–Crippen MR) is 33.8 cm³/mol. The average molecular weight is 151 g/mol. The van der Waals surface area contributed by atoms with Gasteiger partial charge in [-0.25, -0.2) is 4.39 Å². The topological polar surface area (TPSA) is 0 Å². The van der Waals surface area contributed by atoms with Crippen molar-refractivity contribution in [3.63, 3.8) is 0 Å². The summed E-state index contributed by atoms with van der Waals surface area (Å²) in [4.78, 5) is 0. The van der Waals surface area contributed by atoms with E-state index in [1.54, 1.807) is 5.38 Å². The highest BCUT2D eigenvalue weighted by atomic mass is 35.5. The normalized spacial score (nSPS) is 9.75. The first kappa shape index (κ1) is 6.05. The Labute approximate surface area is 55.9 Å². The summed E-state index contributed by atoms with van der Waals surface area (Å²) < 4.78 is 12.3. The van der Waals surface area contributed by atoms with Crippen molar-refractivity contribution < 1.29 is 4.39 Å². The fourth-order valence-corrected chi connectivity index (χ4v) is 1.40. The molecule has 0 unspecified atom stereocenters. The average Bonchev–Trinajstić information content (AvgIpc) is 2.14. The molecule has 1 aromatic heterocycles. The summed E-state index contributed by atoms with van der Waals surface area (Å²) in [6, 6.07) is 0. The molecule has 8 heavy (non-hydrogen) atoms. The molecular weight excluding hydrogens is 147 g/mol. The van der Waals surface area contributed by atoms with Crippen molar-refractivity contribution >= 4 is 22.9 Å². The lowest BCUT2D eigenvalue weighted by Gasteiger charge is -1.82. The maximum atomic E-state index is 12.3. The third-order valence-electron chi connectivity index (χ3n) is 0.833. The van der Waals surface area contributed by atoms with E-state index in [-0.39, 0.29) is 11.7 Å². The van der Waals surface area contributed by atoms with Crippen LogP contribution in [0.1, 0.15) is 5.56 Å². The molecule has 0 spiro atoms. The van der Waals surface area contributed by atoms with Crippen molar-refractivity contribution in [3.8, 4) is 0 Å². The van der Waals surface area contributed by atoms with Gasteiger partial charge in [-0.3, -0.25) is 0 Å². The molecule has 0 saturated carbocycles. The third kappa shape index (κ3) is 1.01. The zero-order chi connectivity index (χ0) is 5.98. The SMILES string of the molecule is Fc1cscc1CCl. The standard InChI is InChI=1S/C5H4ClFS/c6-1-4-2-8-3-5(4)7/h2-3H,1H2. The molecule has 0 saturated heterocycles. The van der Waals surface area contributed by atoms with E-state index < -0.39 is 0 Å². The molecule has 1 heterocycles. The molecule has 0 aliphatic carbocycles. The van der Waals surface area contributed by atoms with Gasteiger partial charge < -0.3 is 0 Å². The minimum atomic E-state index is -0.190. The zero-order valence-corrected chi connectivity index (χ0v) is 5.60. The number of alkyl halides is 1. The Morgan fingerprint density at radius 1 is 1.62 bits per heavy atom. The molecule has 44 valence electrons. The molecule has 0 aliphatic heterocycles. The Balaban J connectivity index is 2.92. The first-order chi connectivity index (χ1) is 3.84. The Morgan fingerprint density at radius 3 is 2.62 bits per heavy atom. The summed E-state index contributed by atoms with van der Waals surface area (Å²) >= 11 is 6.67. The van der Waals surface area contributed by atoms with Gasteiger partial charge in [-0.2, -0.15) is 0 Å². The van der Waals surface area contributed by atoms with Crippen LogP contribution in [0.5, 0.6) is 0 Å². The van der Waals surface area contributed by atoms with E-state index in [2.05, 4.69) is 0 Å². The van der Waals surface area contributed by atoms with Gasteiger partial charge in [0.1, 0.15) is 5.82 Å². The largest absolute Gasteiger partial charge is 0.206 e. The van der Waals surface area contributed by atoms with Gasteiger partial charge in [0, 0.05) is 10.9 Å². The quantitative estimate of drug-likeness (QED) is 0.540. The van der Waals surface area contributed by atoms with Gasteiger partial charge in [0.25, 0.3) is 0 Å². The van der Waals surface area contributed by atoms with Crippen molar-refractivity contribution in [1.29, 1.82) is 0 Å². The van der Waals surface area contributed by atoms with Crippen LogP contribution in [0.25, 0.3) is 0 Å². The van der Waals surface area contributed by atoms with Crippen LogP contribution in [-0.4, -0.2) is 0 Å². The van der Waals surface area contributed by atoms with Gasteiger partial charge in [0.05, 0.1) is 5.88 Å². The lowest BCUT2D eigenvalue weighted by Crippen LogP contribution is -1.73. The first-order valence-electron chi connectivity index (χ1n) is 2.11.